The van der Waals surface area contributed by atoms with Crippen LogP contribution in [0.4, 0.5) is 0 Å². The molecule has 1 aliphatic heterocycles. The van der Waals surface area contributed by atoms with Gasteiger partial charge in [-0.2, -0.15) is 0 Å². The summed E-state index contributed by atoms with van der Waals surface area (Å²) in [6, 6.07) is 14.8. The Bertz CT molecular complexity index is 837. The van der Waals surface area contributed by atoms with Gasteiger partial charge in [0.15, 0.2) is 0 Å². The first-order valence-electron chi connectivity index (χ1n) is 8.31. The molecule has 0 spiro atoms. The van der Waals surface area contributed by atoms with Gasteiger partial charge in [0.25, 0.3) is 0 Å². The lowest BCUT2D eigenvalue weighted by molar-refractivity contribution is 0.0342. The quantitative estimate of drug-likeness (QED) is 0.775. The minimum Gasteiger partial charge on any atom is -0.388 e. The molecule has 2 heterocycles. The average molecular weight is 323 g/mol. The molecule has 1 saturated heterocycles. The van der Waals surface area contributed by atoms with Crippen LogP contribution in [0.1, 0.15) is 11.4 Å². The van der Waals surface area contributed by atoms with Crippen molar-refractivity contribution in [2.75, 3.05) is 26.3 Å². The number of aliphatic hydroxyl groups excluding tert-OH is 1. The number of fused-ring (bicyclic) bond motifs is 1. The number of ether oxygens (including phenoxy) is 1. The van der Waals surface area contributed by atoms with Crippen LogP contribution in [-0.2, 0) is 17.9 Å². The Morgan fingerprint density at radius 2 is 1.92 bits per heavy atom. The lowest BCUT2D eigenvalue weighted by Crippen LogP contribution is -2.35. The van der Waals surface area contributed by atoms with E-state index in [9.17, 15) is 5.11 Å². The van der Waals surface area contributed by atoms with E-state index in [-0.39, 0.29) is 6.61 Å². The number of aromatic nitrogens is 2. The Balaban J connectivity index is 1.60. The standard InChI is InChI=1S/C19H21N3O2/c23-13-19-20-17-5-4-16(11-18(17)21-19)15-3-1-2-14(10-15)12-22-6-8-24-9-7-22/h1-5,10-11,23H,6-9,12-13H2,(H,20,21). The lowest BCUT2D eigenvalue weighted by atomic mass is 10.0. The number of morpholine rings is 1. The summed E-state index contributed by atoms with van der Waals surface area (Å²) in [5.41, 5.74) is 5.50. The molecule has 0 atom stereocenters. The second kappa shape index (κ2) is 6.73. The summed E-state index contributed by atoms with van der Waals surface area (Å²) in [5, 5.41) is 9.21. The molecule has 2 aromatic carbocycles. The zero-order chi connectivity index (χ0) is 16.4. The lowest BCUT2D eigenvalue weighted by Gasteiger charge is -2.26. The highest BCUT2D eigenvalue weighted by atomic mass is 16.5. The molecule has 1 fully saturated rings. The molecule has 4 rings (SSSR count). The molecule has 0 aliphatic carbocycles. The van der Waals surface area contributed by atoms with Crippen molar-refractivity contribution >= 4 is 11.0 Å². The van der Waals surface area contributed by atoms with Crippen LogP contribution in [-0.4, -0.2) is 46.3 Å². The number of nitrogens with one attached hydrogen (secondary N) is 1. The highest BCUT2D eigenvalue weighted by Gasteiger charge is 2.11. The fourth-order valence-corrected chi connectivity index (χ4v) is 3.18. The van der Waals surface area contributed by atoms with E-state index in [0.717, 1.165) is 49.4 Å². The first kappa shape index (κ1) is 15.3. The van der Waals surface area contributed by atoms with Crippen LogP contribution in [0.15, 0.2) is 42.5 Å². The molecule has 124 valence electrons. The molecule has 0 radical (unpaired) electrons. The summed E-state index contributed by atoms with van der Waals surface area (Å²) in [4.78, 5) is 9.91. The molecule has 1 aromatic heterocycles. The molecule has 1 aliphatic rings. The van der Waals surface area contributed by atoms with Crippen LogP contribution < -0.4 is 0 Å². The first-order valence-corrected chi connectivity index (χ1v) is 8.31. The molecule has 5 nitrogen and oxygen atoms in total. The maximum absolute atomic E-state index is 9.21. The van der Waals surface area contributed by atoms with Gasteiger partial charge in [-0.1, -0.05) is 24.3 Å². The van der Waals surface area contributed by atoms with Gasteiger partial charge in [-0.15, -0.1) is 0 Å². The van der Waals surface area contributed by atoms with Crippen molar-refractivity contribution < 1.29 is 9.84 Å². The summed E-state index contributed by atoms with van der Waals surface area (Å²) < 4.78 is 5.41. The summed E-state index contributed by atoms with van der Waals surface area (Å²) in [7, 11) is 0. The minimum atomic E-state index is -0.0704. The summed E-state index contributed by atoms with van der Waals surface area (Å²) >= 11 is 0. The van der Waals surface area contributed by atoms with Crippen LogP contribution in [0.3, 0.4) is 0 Å². The third-order valence-corrected chi connectivity index (χ3v) is 4.45. The van der Waals surface area contributed by atoms with Gasteiger partial charge in [0.05, 0.1) is 24.2 Å². The second-order valence-corrected chi connectivity index (χ2v) is 6.16. The van der Waals surface area contributed by atoms with Crippen molar-refractivity contribution in [3.63, 3.8) is 0 Å². The molecule has 0 saturated carbocycles. The third kappa shape index (κ3) is 3.19. The molecule has 3 aromatic rings. The van der Waals surface area contributed by atoms with Crippen LogP contribution in [0.5, 0.6) is 0 Å². The van der Waals surface area contributed by atoms with Gasteiger partial charge in [-0.25, -0.2) is 4.98 Å². The van der Waals surface area contributed by atoms with Crippen LogP contribution in [0.2, 0.25) is 0 Å². The van der Waals surface area contributed by atoms with Gasteiger partial charge >= 0.3 is 0 Å². The maximum Gasteiger partial charge on any atom is 0.133 e. The Labute approximate surface area is 140 Å². The molecule has 0 amide bonds. The number of rotatable bonds is 4. The SMILES string of the molecule is OCc1nc2ccc(-c3cccc(CN4CCOCC4)c3)cc2[nH]1. The predicted octanol–water partition coefficient (Wildman–Crippen LogP) is 2.55. The van der Waals surface area contributed by atoms with Gasteiger partial charge in [0, 0.05) is 19.6 Å². The van der Waals surface area contributed by atoms with Crippen LogP contribution in [0, 0.1) is 0 Å². The van der Waals surface area contributed by atoms with E-state index in [1.807, 2.05) is 6.07 Å². The number of benzene rings is 2. The predicted molar refractivity (Wildman–Crippen MR) is 93.5 cm³/mol. The normalized spacial score (nSPS) is 15.9. The van der Waals surface area contributed by atoms with E-state index in [1.54, 1.807) is 0 Å². The summed E-state index contributed by atoms with van der Waals surface area (Å²) in [6.07, 6.45) is 0. The number of hydrogen-bond acceptors (Lipinski definition) is 4. The van der Waals surface area contributed by atoms with Crippen LogP contribution in [0.25, 0.3) is 22.2 Å². The Kier molecular flexibility index (Phi) is 4.30. The fraction of sp³-hybridized carbons (Fsp3) is 0.316. The van der Waals surface area contributed by atoms with E-state index >= 15 is 0 Å². The van der Waals surface area contributed by atoms with Crippen LogP contribution >= 0.6 is 0 Å². The van der Waals surface area contributed by atoms with Gasteiger partial charge < -0.3 is 14.8 Å². The number of aromatic amines is 1. The number of nitrogens with zero attached hydrogens (tertiary/aromatic N) is 2. The number of aliphatic hydroxyl groups is 1. The monoisotopic (exact) mass is 323 g/mol. The summed E-state index contributed by atoms with van der Waals surface area (Å²) in [5.74, 6) is 0.600. The van der Waals surface area contributed by atoms with Crippen molar-refractivity contribution in [2.45, 2.75) is 13.2 Å². The average Bonchev–Trinajstić information content (AvgIpc) is 3.05. The van der Waals surface area contributed by atoms with Crippen molar-refractivity contribution in [3.8, 4) is 11.1 Å². The van der Waals surface area contributed by atoms with Crippen molar-refractivity contribution in [3.05, 3.63) is 53.9 Å². The Morgan fingerprint density at radius 3 is 2.75 bits per heavy atom. The van der Waals surface area contributed by atoms with Crippen molar-refractivity contribution in [2.24, 2.45) is 0 Å². The molecule has 24 heavy (non-hydrogen) atoms. The van der Waals surface area contributed by atoms with Crippen molar-refractivity contribution in [1.82, 2.24) is 14.9 Å². The van der Waals surface area contributed by atoms with Gasteiger partial charge in [0.1, 0.15) is 12.4 Å². The molecular formula is C19H21N3O2. The molecular weight excluding hydrogens is 302 g/mol. The second-order valence-electron chi connectivity index (χ2n) is 6.16. The van der Waals surface area contributed by atoms with E-state index in [0.29, 0.717) is 5.82 Å². The molecule has 5 heteroatoms. The topological polar surface area (TPSA) is 61.4 Å². The Hall–Kier alpha value is -2.21. The highest BCUT2D eigenvalue weighted by Crippen LogP contribution is 2.25. The van der Waals surface area contributed by atoms with Gasteiger partial charge in [-0.3, -0.25) is 4.90 Å². The summed E-state index contributed by atoms with van der Waals surface area (Å²) in [6.45, 7) is 4.52. The molecule has 2 N–H and O–H groups in total. The molecule has 0 unspecified atom stereocenters. The van der Waals surface area contributed by atoms with E-state index in [1.165, 1.54) is 11.1 Å². The number of imidazole rings is 1. The van der Waals surface area contributed by atoms with E-state index in [2.05, 4.69) is 51.3 Å². The highest BCUT2D eigenvalue weighted by molar-refractivity contribution is 5.82. The van der Waals surface area contributed by atoms with E-state index in [4.69, 9.17) is 4.74 Å². The zero-order valence-corrected chi connectivity index (χ0v) is 13.5. The fourth-order valence-electron chi connectivity index (χ4n) is 3.18. The first-order chi connectivity index (χ1) is 11.8. The molecule has 0 bridgehead atoms. The van der Waals surface area contributed by atoms with Crippen molar-refractivity contribution in [1.29, 1.82) is 0 Å². The van der Waals surface area contributed by atoms with Gasteiger partial charge in [-0.05, 0) is 34.9 Å². The maximum atomic E-state index is 9.21. The third-order valence-electron chi connectivity index (χ3n) is 4.45. The smallest absolute Gasteiger partial charge is 0.133 e. The number of hydrogen-bond donors (Lipinski definition) is 2. The minimum absolute atomic E-state index is 0.0704. The Morgan fingerprint density at radius 1 is 1.08 bits per heavy atom. The number of H-pyrrole nitrogens is 1. The van der Waals surface area contributed by atoms with Gasteiger partial charge in [0.2, 0.25) is 0 Å². The zero-order valence-electron chi connectivity index (χ0n) is 13.5. The van der Waals surface area contributed by atoms with E-state index < -0.39 is 0 Å². The largest absolute Gasteiger partial charge is 0.388 e.